The van der Waals surface area contributed by atoms with Crippen LogP contribution in [0.15, 0.2) is 30.3 Å². The van der Waals surface area contributed by atoms with E-state index in [1.54, 1.807) is 28.4 Å². The molecule has 3 rings (SSSR count). The molecule has 6 heteroatoms. The lowest BCUT2D eigenvalue weighted by Crippen LogP contribution is -2.25. The lowest BCUT2D eigenvalue weighted by molar-refractivity contribution is 0.280. The van der Waals surface area contributed by atoms with Crippen LogP contribution in [0.1, 0.15) is 29.2 Å². The molecule has 0 saturated heterocycles. The lowest BCUT2D eigenvalue weighted by atomic mass is 9.92. The van der Waals surface area contributed by atoms with Gasteiger partial charge in [0.1, 0.15) is 5.75 Å². The van der Waals surface area contributed by atoms with Gasteiger partial charge in [-0.25, -0.2) is 0 Å². The molecule has 0 N–H and O–H groups in total. The molecule has 2 aromatic carbocycles. The molecule has 0 aromatic heterocycles. The molecular weight excluding hydrogens is 366 g/mol. The third-order valence-corrected chi connectivity index (χ3v) is 5.05. The van der Waals surface area contributed by atoms with Crippen LogP contribution >= 0.6 is 12.4 Å². The summed E-state index contributed by atoms with van der Waals surface area (Å²) in [6.07, 6.45) is 2.15. The van der Waals surface area contributed by atoms with Gasteiger partial charge in [0.05, 0.1) is 34.5 Å². The van der Waals surface area contributed by atoms with E-state index in [-0.39, 0.29) is 18.4 Å². The van der Waals surface area contributed by atoms with E-state index in [1.165, 1.54) is 11.1 Å². The molecule has 0 fully saturated rings. The Bertz CT molecular complexity index is 756. The minimum absolute atomic E-state index is 0. The number of hydrogen-bond donors (Lipinski definition) is 0. The molecule has 0 saturated carbocycles. The van der Waals surface area contributed by atoms with Crippen LogP contribution in [0.4, 0.5) is 0 Å². The number of halogens is 1. The van der Waals surface area contributed by atoms with Crippen LogP contribution in [-0.2, 0) is 6.42 Å². The van der Waals surface area contributed by atoms with Crippen molar-refractivity contribution in [2.75, 3.05) is 42.0 Å². The first kappa shape index (κ1) is 21.2. The number of hydrogen-bond acceptors (Lipinski definition) is 5. The molecule has 1 aliphatic heterocycles. The highest BCUT2D eigenvalue weighted by atomic mass is 35.5. The van der Waals surface area contributed by atoms with Gasteiger partial charge in [-0.15, -0.1) is 12.4 Å². The number of nitrogens with zero attached hydrogens (tertiary/aromatic N) is 1. The van der Waals surface area contributed by atoms with Crippen LogP contribution < -0.4 is 18.9 Å². The lowest BCUT2D eigenvalue weighted by Gasteiger charge is -2.29. The van der Waals surface area contributed by atoms with Crippen molar-refractivity contribution in [3.8, 4) is 23.0 Å². The molecule has 0 amide bonds. The molecule has 1 aliphatic rings. The topological polar surface area (TPSA) is 40.2 Å². The van der Waals surface area contributed by atoms with E-state index >= 15 is 0 Å². The van der Waals surface area contributed by atoms with Gasteiger partial charge in [-0.1, -0.05) is 6.07 Å². The zero-order valence-electron chi connectivity index (χ0n) is 16.6. The maximum atomic E-state index is 5.56. The Morgan fingerprint density at radius 2 is 1.56 bits per heavy atom. The number of fused-ring (bicyclic) bond motifs is 1. The summed E-state index contributed by atoms with van der Waals surface area (Å²) in [5, 5.41) is 0. The van der Waals surface area contributed by atoms with Gasteiger partial charge >= 0.3 is 0 Å². The van der Waals surface area contributed by atoms with Crippen molar-refractivity contribution in [1.82, 2.24) is 4.90 Å². The molecule has 0 spiro atoms. The van der Waals surface area contributed by atoms with Crippen molar-refractivity contribution in [3.63, 3.8) is 0 Å². The molecular formula is C21H28ClNO4. The summed E-state index contributed by atoms with van der Waals surface area (Å²) in [5.41, 5.74) is 3.74. The monoisotopic (exact) mass is 393 g/mol. The predicted octanol–water partition coefficient (Wildman–Crippen LogP) is 4.11. The van der Waals surface area contributed by atoms with E-state index < -0.39 is 0 Å². The van der Waals surface area contributed by atoms with Crippen molar-refractivity contribution in [3.05, 3.63) is 47.0 Å². The molecule has 0 radical (unpaired) electrons. The third kappa shape index (κ3) is 4.09. The van der Waals surface area contributed by atoms with E-state index in [4.69, 9.17) is 18.9 Å². The van der Waals surface area contributed by atoms with Crippen LogP contribution in [0, 0.1) is 0 Å². The normalized spacial score (nSPS) is 16.6. The van der Waals surface area contributed by atoms with Crippen LogP contribution in [0.3, 0.4) is 0 Å². The predicted molar refractivity (Wildman–Crippen MR) is 109 cm³/mol. The van der Waals surface area contributed by atoms with Gasteiger partial charge < -0.3 is 18.9 Å². The smallest absolute Gasteiger partial charge is 0.203 e. The SMILES string of the molecule is COc1ccc2c(c1)CCCN(C)C2c1cc(OC)c(OC)c(OC)c1.Cl. The maximum absolute atomic E-state index is 5.56. The zero-order valence-corrected chi connectivity index (χ0v) is 17.4. The second-order valence-electron chi connectivity index (χ2n) is 6.51. The second-order valence-corrected chi connectivity index (χ2v) is 6.51. The first-order valence-corrected chi connectivity index (χ1v) is 8.79. The fourth-order valence-electron chi connectivity index (χ4n) is 3.77. The highest BCUT2D eigenvalue weighted by Crippen LogP contribution is 2.43. The van der Waals surface area contributed by atoms with Gasteiger partial charge in [-0.05, 0) is 67.4 Å². The van der Waals surface area contributed by atoms with Gasteiger partial charge in [0, 0.05) is 0 Å². The standard InChI is InChI=1S/C21H27NO4.ClH/c1-22-10-6-7-14-11-16(23-2)8-9-17(14)20(22)15-12-18(24-3)21(26-5)19(13-15)25-4;/h8-9,11-13,20H,6-7,10H2,1-5H3;1H. The summed E-state index contributed by atoms with van der Waals surface area (Å²) in [5.74, 6) is 2.87. The quantitative estimate of drug-likeness (QED) is 0.764. The van der Waals surface area contributed by atoms with E-state index in [1.807, 2.05) is 18.2 Å². The minimum Gasteiger partial charge on any atom is -0.497 e. The first-order valence-electron chi connectivity index (χ1n) is 8.79. The Hall–Kier alpha value is -2.11. The third-order valence-electron chi connectivity index (χ3n) is 5.05. The summed E-state index contributed by atoms with van der Waals surface area (Å²) in [6.45, 7) is 1.01. The Labute approximate surface area is 167 Å². The Balaban J connectivity index is 0.00000261. The zero-order chi connectivity index (χ0) is 18.7. The Morgan fingerprint density at radius 1 is 0.889 bits per heavy atom. The van der Waals surface area contributed by atoms with Crippen molar-refractivity contribution in [2.24, 2.45) is 0 Å². The molecule has 0 bridgehead atoms. The first-order chi connectivity index (χ1) is 12.6. The number of benzene rings is 2. The summed E-state index contributed by atoms with van der Waals surface area (Å²) in [7, 11) is 8.79. The summed E-state index contributed by atoms with van der Waals surface area (Å²) in [4.78, 5) is 2.37. The Kier molecular flexibility index (Phi) is 7.22. The minimum atomic E-state index is 0. The molecule has 1 unspecified atom stereocenters. The fourth-order valence-corrected chi connectivity index (χ4v) is 3.77. The molecule has 1 atom stereocenters. The van der Waals surface area contributed by atoms with Crippen molar-refractivity contribution < 1.29 is 18.9 Å². The average molecular weight is 394 g/mol. The molecule has 148 valence electrons. The van der Waals surface area contributed by atoms with Gasteiger partial charge in [-0.3, -0.25) is 4.90 Å². The van der Waals surface area contributed by atoms with Gasteiger partial charge in [0.2, 0.25) is 5.75 Å². The van der Waals surface area contributed by atoms with Crippen molar-refractivity contribution in [1.29, 1.82) is 0 Å². The largest absolute Gasteiger partial charge is 0.497 e. The summed E-state index contributed by atoms with van der Waals surface area (Å²) >= 11 is 0. The number of rotatable bonds is 5. The van der Waals surface area contributed by atoms with E-state index in [9.17, 15) is 0 Å². The fraction of sp³-hybridized carbons (Fsp3) is 0.429. The van der Waals surface area contributed by atoms with Crippen LogP contribution in [0.25, 0.3) is 0 Å². The Morgan fingerprint density at radius 3 is 2.11 bits per heavy atom. The van der Waals surface area contributed by atoms with E-state index in [0.717, 1.165) is 30.7 Å². The average Bonchev–Trinajstić information content (AvgIpc) is 2.84. The number of aryl methyl sites for hydroxylation is 1. The van der Waals surface area contributed by atoms with Gasteiger partial charge in [-0.2, -0.15) is 0 Å². The molecule has 2 aromatic rings. The van der Waals surface area contributed by atoms with E-state index in [0.29, 0.717) is 17.2 Å². The molecule has 5 nitrogen and oxygen atoms in total. The molecule has 1 heterocycles. The summed E-state index contributed by atoms with van der Waals surface area (Å²) in [6, 6.07) is 10.6. The molecule has 0 aliphatic carbocycles. The molecule has 27 heavy (non-hydrogen) atoms. The van der Waals surface area contributed by atoms with E-state index in [2.05, 4.69) is 24.1 Å². The van der Waals surface area contributed by atoms with Crippen LogP contribution in [0.5, 0.6) is 23.0 Å². The van der Waals surface area contributed by atoms with Crippen molar-refractivity contribution >= 4 is 12.4 Å². The van der Waals surface area contributed by atoms with Crippen LogP contribution in [-0.4, -0.2) is 46.9 Å². The van der Waals surface area contributed by atoms with Gasteiger partial charge in [0.25, 0.3) is 0 Å². The number of methoxy groups -OCH3 is 4. The highest BCUT2D eigenvalue weighted by Gasteiger charge is 2.27. The van der Waals surface area contributed by atoms with Crippen molar-refractivity contribution in [2.45, 2.75) is 18.9 Å². The number of ether oxygens (including phenoxy) is 4. The summed E-state index contributed by atoms with van der Waals surface area (Å²) < 4.78 is 22.0. The highest BCUT2D eigenvalue weighted by molar-refractivity contribution is 5.85. The second kappa shape index (κ2) is 9.20. The maximum Gasteiger partial charge on any atom is 0.203 e. The van der Waals surface area contributed by atoms with Gasteiger partial charge in [0.15, 0.2) is 11.5 Å². The van der Waals surface area contributed by atoms with Crippen LogP contribution in [0.2, 0.25) is 0 Å².